The number of hydrogen-bond acceptors (Lipinski definition) is 5. The van der Waals surface area contributed by atoms with Crippen LogP contribution in [0.4, 0.5) is 10.6 Å². The standard InChI is InChI=1S/C15H20N4O3/c20-13-4-2-10-1-3-12(17-14(10)19-13)9-22-15(21)18-11-5-7-16-8-6-11/h1,3,11,16H,2,4-9H2,(H,18,21)(H,17,19,20). The van der Waals surface area contributed by atoms with Gasteiger partial charge in [-0.1, -0.05) is 6.07 Å². The van der Waals surface area contributed by atoms with E-state index in [9.17, 15) is 9.59 Å². The minimum atomic E-state index is -0.421. The summed E-state index contributed by atoms with van der Waals surface area (Å²) in [6, 6.07) is 3.92. The predicted octanol–water partition coefficient (Wildman–Crippen LogP) is 0.944. The number of ether oxygens (including phenoxy) is 1. The first-order valence-corrected chi connectivity index (χ1v) is 7.63. The Morgan fingerprint density at radius 2 is 2.14 bits per heavy atom. The number of aryl methyl sites for hydroxylation is 1. The van der Waals surface area contributed by atoms with E-state index in [4.69, 9.17) is 4.74 Å². The number of carbonyl (C=O) groups excluding carboxylic acids is 2. The quantitative estimate of drug-likeness (QED) is 0.773. The molecule has 0 bridgehead atoms. The van der Waals surface area contributed by atoms with Gasteiger partial charge in [0.1, 0.15) is 12.4 Å². The number of amides is 2. The van der Waals surface area contributed by atoms with Gasteiger partial charge in [-0.25, -0.2) is 9.78 Å². The Balaban J connectivity index is 1.51. The smallest absolute Gasteiger partial charge is 0.407 e. The van der Waals surface area contributed by atoms with Crippen LogP contribution in [0.5, 0.6) is 0 Å². The lowest BCUT2D eigenvalue weighted by atomic mass is 10.1. The largest absolute Gasteiger partial charge is 0.443 e. The van der Waals surface area contributed by atoms with Gasteiger partial charge >= 0.3 is 6.09 Å². The first kappa shape index (κ1) is 14.8. The number of hydrogen-bond donors (Lipinski definition) is 3. The van der Waals surface area contributed by atoms with Crippen LogP contribution in [-0.2, 0) is 22.6 Å². The van der Waals surface area contributed by atoms with Crippen molar-refractivity contribution in [2.45, 2.75) is 38.3 Å². The molecule has 1 fully saturated rings. The van der Waals surface area contributed by atoms with E-state index in [1.807, 2.05) is 12.1 Å². The lowest BCUT2D eigenvalue weighted by Crippen LogP contribution is -2.42. The summed E-state index contributed by atoms with van der Waals surface area (Å²) in [4.78, 5) is 27.5. The molecule has 0 aromatic carbocycles. The topological polar surface area (TPSA) is 92.4 Å². The van der Waals surface area contributed by atoms with Crippen LogP contribution >= 0.6 is 0 Å². The summed E-state index contributed by atoms with van der Waals surface area (Å²) >= 11 is 0. The van der Waals surface area contributed by atoms with Crippen LogP contribution in [0.25, 0.3) is 0 Å². The van der Waals surface area contributed by atoms with Crippen molar-refractivity contribution in [2.75, 3.05) is 18.4 Å². The van der Waals surface area contributed by atoms with E-state index in [2.05, 4.69) is 20.9 Å². The molecule has 1 saturated heterocycles. The Labute approximate surface area is 128 Å². The van der Waals surface area contributed by atoms with E-state index in [0.29, 0.717) is 24.4 Å². The molecule has 0 saturated carbocycles. The highest BCUT2D eigenvalue weighted by Crippen LogP contribution is 2.20. The summed E-state index contributed by atoms with van der Waals surface area (Å²) in [5.41, 5.74) is 1.64. The zero-order chi connectivity index (χ0) is 15.4. The maximum absolute atomic E-state index is 11.8. The monoisotopic (exact) mass is 304 g/mol. The average Bonchev–Trinajstić information content (AvgIpc) is 2.53. The number of alkyl carbamates (subject to hydrolysis) is 1. The van der Waals surface area contributed by atoms with Crippen molar-refractivity contribution >= 4 is 17.8 Å². The average molecular weight is 304 g/mol. The summed E-state index contributed by atoms with van der Waals surface area (Å²) in [5, 5.41) is 8.84. The number of fused-ring (bicyclic) bond motifs is 1. The van der Waals surface area contributed by atoms with E-state index in [0.717, 1.165) is 31.5 Å². The molecule has 0 spiro atoms. The number of aromatic nitrogens is 1. The molecule has 2 aliphatic heterocycles. The van der Waals surface area contributed by atoms with Crippen molar-refractivity contribution in [1.29, 1.82) is 0 Å². The third-order valence-corrected chi connectivity index (χ3v) is 3.93. The van der Waals surface area contributed by atoms with Crippen LogP contribution in [0.3, 0.4) is 0 Å². The Morgan fingerprint density at radius 3 is 2.95 bits per heavy atom. The molecule has 7 nitrogen and oxygen atoms in total. The second-order valence-corrected chi connectivity index (χ2v) is 5.60. The van der Waals surface area contributed by atoms with Crippen LogP contribution < -0.4 is 16.0 Å². The fourth-order valence-electron chi connectivity index (χ4n) is 2.68. The molecule has 1 aromatic heterocycles. The van der Waals surface area contributed by atoms with Gasteiger partial charge in [0.15, 0.2) is 0 Å². The lowest BCUT2D eigenvalue weighted by molar-refractivity contribution is -0.116. The Hall–Kier alpha value is -2.15. The molecule has 118 valence electrons. The summed E-state index contributed by atoms with van der Waals surface area (Å²) in [7, 11) is 0. The fourth-order valence-corrected chi connectivity index (χ4v) is 2.68. The lowest BCUT2D eigenvalue weighted by Gasteiger charge is -2.23. The van der Waals surface area contributed by atoms with Gasteiger partial charge in [-0.05, 0) is 44.0 Å². The highest BCUT2D eigenvalue weighted by molar-refractivity contribution is 5.92. The van der Waals surface area contributed by atoms with Crippen molar-refractivity contribution in [3.8, 4) is 0 Å². The van der Waals surface area contributed by atoms with E-state index in [1.165, 1.54) is 0 Å². The van der Waals surface area contributed by atoms with Crippen LogP contribution in [-0.4, -0.2) is 36.1 Å². The summed E-state index contributed by atoms with van der Waals surface area (Å²) in [6.45, 7) is 1.92. The first-order chi connectivity index (χ1) is 10.7. The third kappa shape index (κ3) is 3.73. The molecule has 22 heavy (non-hydrogen) atoms. The maximum atomic E-state index is 11.8. The van der Waals surface area contributed by atoms with Gasteiger partial charge in [-0.3, -0.25) is 4.79 Å². The minimum absolute atomic E-state index is 0.0262. The van der Waals surface area contributed by atoms with Crippen LogP contribution in [0, 0.1) is 0 Å². The summed E-state index contributed by atoms with van der Waals surface area (Å²) < 4.78 is 5.20. The van der Waals surface area contributed by atoms with Crippen LogP contribution in [0.1, 0.15) is 30.5 Å². The second-order valence-electron chi connectivity index (χ2n) is 5.60. The van der Waals surface area contributed by atoms with Gasteiger partial charge in [0, 0.05) is 12.5 Å². The van der Waals surface area contributed by atoms with Crippen LogP contribution in [0.15, 0.2) is 12.1 Å². The highest BCUT2D eigenvalue weighted by Gasteiger charge is 2.18. The van der Waals surface area contributed by atoms with Crippen molar-refractivity contribution < 1.29 is 14.3 Å². The molecule has 7 heteroatoms. The molecular formula is C15H20N4O3. The number of pyridine rings is 1. The molecule has 3 rings (SSSR count). The molecule has 0 atom stereocenters. The van der Waals surface area contributed by atoms with E-state index < -0.39 is 6.09 Å². The SMILES string of the molecule is O=C1CCc2ccc(COC(=O)NC3CCNCC3)nc2N1. The third-order valence-electron chi connectivity index (χ3n) is 3.93. The van der Waals surface area contributed by atoms with Gasteiger partial charge in [-0.15, -0.1) is 0 Å². The zero-order valence-electron chi connectivity index (χ0n) is 12.4. The number of anilines is 1. The van der Waals surface area contributed by atoms with Crippen molar-refractivity contribution in [3.63, 3.8) is 0 Å². The predicted molar refractivity (Wildman–Crippen MR) is 80.4 cm³/mol. The molecule has 0 radical (unpaired) electrons. The van der Waals surface area contributed by atoms with Crippen LogP contribution in [0.2, 0.25) is 0 Å². The minimum Gasteiger partial charge on any atom is -0.443 e. The van der Waals surface area contributed by atoms with E-state index in [-0.39, 0.29) is 18.6 Å². The fraction of sp³-hybridized carbons (Fsp3) is 0.533. The molecule has 3 heterocycles. The van der Waals surface area contributed by atoms with Crippen molar-refractivity contribution in [2.24, 2.45) is 0 Å². The molecule has 2 amide bonds. The Morgan fingerprint density at radius 1 is 1.32 bits per heavy atom. The van der Waals surface area contributed by atoms with Crippen molar-refractivity contribution in [3.05, 3.63) is 23.4 Å². The number of carbonyl (C=O) groups is 2. The van der Waals surface area contributed by atoms with Gasteiger partial charge in [0.05, 0.1) is 5.69 Å². The first-order valence-electron chi connectivity index (χ1n) is 7.63. The van der Waals surface area contributed by atoms with Crippen molar-refractivity contribution in [1.82, 2.24) is 15.6 Å². The summed E-state index contributed by atoms with van der Waals surface area (Å²) in [6.07, 6.45) is 2.60. The number of nitrogens with zero attached hydrogens (tertiary/aromatic N) is 1. The highest BCUT2D eigenvalue weighted by atomic mass is 16.5. The molecule has 2 aliphatic rings. The van der Waals surface area contributed by atoms with Gasteiger partial charge in [0.2, 0.25) is 5.91 Å². The molecule has 1 aromatic rings. The Bertz CT molecular complexity index is 570. The number of rotatable bonds is 3. The molecule has 0 aliphatic carbocycles. The van der Waals surface area contributed by atoms with Gasteiger partial charge in [-0.2, -0.15) is 0 Å². The zero-order valence-corrected chi connectivity index (χ0v) is 12.4. The second kappa shape index (κ2) is 6.74. The molecule has 0 unspecified atom stereocenters. The maximum Gasteiger partial charge on any atom is 0.407 e. The molecule has 3 N–H and O–H groups in total. The number of piperidine rings is 1. The van der Waals surface area contributed by atoms with Gasteiger partial charge < -0.3 is 20.7 Å². The normalized spacial score (nSPS) is 18.3. The van der Waals surface area contributed by atoms with E-state index in [1.54, 1.807) is 0 Å². The van der Waals surface area contributed by atoms with E-state index >= 15 is 0 Å². The number of nitrogens with one attached hydrogen (secondary N) is 3. The van der Waals surface area contributed by atoms with Gasteiger partial charge in [0.25, 0.3) is 0 Å². The summed E-state index contributed by atoms with van der Waals surface area (Å²) in [5.74, 6) is 0.554. The Kier molecular flexibility index (Phi) is 4.53. The molecular weight excluding hydrogens is 284 g/mol.